The Bertz CT molecular complexity index is 846. The number of benzene rings is 2. The third kappa shape index (κ3) is 3.92. The van der Waals surface area contributed by atoms with Crippen LogP contribution in [0.5, 0.6) is 0 Å². The lowest BCUT2D eigenvalue weighted by atomic mass is 9.86. The normalized spacial score (nSPS) is 10.9. The molecule has 2 aromatic carbocycles. The molecule has 0 bridgehead atoms. The molecule has 3 nitrogen and oxygen atoms in total. The number of hydrogen-bond donors (Lipinski definition) is 0. The standard InChI is InChI=1S/C23H28O3/c1-5-9-20(24)17-13-8-12-16-19(22(26)11-7-3)14-18(15(4)23(16)17)21(25)10-6-2/h8,12-14H,5-7,9-11H2,1-4H3. The summed E-state index contributed by atoms with van der Waals surface area (Å²) in [5.41, 5.74) is 2.58. The van der Waals surface area contributed by atoms with Gasteiger partial charge in [-0.3, -0.25) is 14.4 Å². The highest BCUT2D eigenvalue weighted by molar-refractivity contribution is 6.18. The third-order valence-corrected chi connectivity index (χ3v) is 4.75. The van der Waals surface area contributed by atoms with Crippen LogP contribution in [0, 0.1) is 6.92 Å². The maximum atomic E-state index is 12.7. The average Bonchev–Trinajstić information content (AvgIpc) is 2.62. The Morgan fingerprint density at radius 3 is 1.77 bits per heavy atom. The van der Waals surface area contributed by atoms with Gasteiger partial charge in [-0.15, -0.1) is 0 Å². The lowest BCUT2D eigenvalue weighted by molar-refractivity contribution is 0.0969. The number of ketones is 3. The van der Waals surface area contributed by atoms with Crippen LogP contribution in [0.1, 0.15) is 95.9 Å². The lowest BCUT2D eigenvalue weighted by Gasteiger charge is -2.16. The van der Waals surface area contributed by atoms with Gasteiger partial charge in [-0.05, 0) is 48.6 Å². The van der Waals surface area contributed by atoms with Crippen LogP contribution in [0.3, 0.4) is 0 Å². The Labute approximate surface area is 155 Å². The first-order valence-electron chi connectivity index (χ1n) is 9.62. The van der Waals surface area contributed by atoms with Gasteiger partial charge in [-0.25, -0.2) is 0 Å². The predicted octanol–water partition coefficient (Wildman–Crippen LogP) is 6.10. The summed E-state index contributed by atoms with van der Waals surface area (Å²) in [6.45, 7) is 7.80. The fourth-order valence-electron chi connectivity index (χ4n) is 3.48. The zero-order chi connectivity index (χ0) is 19.3. The summed E-state index contributed by atoms with van der Waals surface area (Å²) < 4.78 is 0. The minimum absolute atomic E-state index is 0.0307. The van der Waals surface area contributed by atoms with Crippen LogP contribution in [0.15, 0.2) is 24.3 Å². The van der Waals surface area contributed by atoms with Gasteiger partial charge in [0.15, 0.2) is 17.3 Å². The molecule has 0 radical (unpaired) electrons. The van der Waals surface area contributed by atoms with Gasteiger partial charge in [-0.2, -0.15) is 0 Å². The van der Waals surface area contributed by atoms with Crippen LogP contribution in [0.4, 0.5) is 0 Å². The van der Waals surface area contributed by atoms with Crippen LogP contribution in [-0.4, -0.2) is 17.3 Å². The molecular weight excluding hydrogens is 324 g/mol. The molecule has 0 aliphatic carbocycles. The van der Waals surface area contributed by atoms with E-state index in [4.69, 9.17) is 0 Å². The van der Waals surface area contributed by atoms with E-state index >= 15 is 0 Å². The Kier molecular flexibility index (Phi) is 6.84. The first kappa shape index (κ1) is 20.0. The maximum absolute atomic E-state index is 12.7. The Balaban J connectivity index is 2.84. The number of aryl methyl sites for hydroxylation is 1. The van der Waals surface area contributed by atoms with Crippen molar-refractivity contribution >= 4 is 28.1 Å². The molecule has 0 saturated heterocycles. The predicted molar refractivity (Wildman–Crippen MR) is 106 cm³/mol. The largest absolute Gasteiger partial charge is 0.294 e. The summed E-state index contributed by atoms with van der Waals surface area (Å²) in [7, 11) is 0. The van der Waals surface area contributed by atoms with Crippen molar-refractivity contribution in [2.24, 2.45) is 0 Å². The molecule has 0 N–H and O–H groups in total. The molecular formula is C23H28O3. The van der Waals surface area contributed by atoms with E-state index in [1.54, 1.807) is 6.07 Å². The monoisotopic (exact) mass is 352 g/mol. The molecule has 0 amide bonds. The average molecular weight is 352 g/mol. The van der Waals surface area contributed by atoms with Crippen molar-refractivity contribution in [1.82, 2.24) is 0 Å². The zero-order valence-electron chi connectivity index (χ0n) is 16.3. The van der Waals surface area contributed by atoms with Crippen LogP contribution >= 0.6 is 0 Å². The minimum atomic E-state index is 0.0307. The van der Waals surface area contributed by atoms with Gasteiger partial charge in [0, 0.05) is 36.0 Å². The fourth-order valence-corrected chi connectivity index (χ4v) is 3.48. The maximum Gasteiger partial charge on any atom is 0.163 e. The van der Waals surface area contributed by atoms with Gasteiger partial charge in [0.25, 0.3) is 0 Å². The highest BCUT2D eigenvalue weighted by Crippen LogP contribution is 2.31. The van der Waals surface area contributed by atoms with E-state index in [-0.39, 0.29) is 17.3 Å². The summed E-state index contributed by atoms with van der Waals surface area (Å²) >= 11 is 0. The summed E-state index contributed by atoms with van der Waals surface area (Å²) in [6, 6.07) is 7.29. The summed E-state index contributed by atoms with van der Waals surface area (Å²) in [4.78, 5) is 38.0. The smallest absolute Gasteiger partial charge is 0.163 e. The van der Waals surface area contributed by atoms with E-state index in [9.17, 15) is 14.4 Å². The van der Waals surface area contributed by atoms with E-state index in [1.807, 2.05) is 45.9 Å². The van der Waals surface area contributed by atoms with Crippen molar-refractivity contribution in [1.29, 1.82) is 0 Å². The number of rotatable bonds is 9. The zero-order valence-corrected chi connectivity index (χ0v) is 16.3. The molecule has 0 atom stereocenters. The second-order valence-corrected chi connectivity index (χ2v) is 6.84. The van der Waals surface area contributed by atoms with Gasteiger partial charge >= 0.3 is 0 Å². The number of hydrogen-bond acceptors (Lipinski definition) is 3. The Hall–Kier alpha value is -2.29. The summed E-state index contributed by atoms with van der Waals surface area (Å²) in [5, 5.41) is 1.56. The van der Waals surface area contributed by atoms with Crippen molar-refractivity contribution in [2.75, 3.05) is 0 Å². The van der Waals surface area contributed by atoms with Crippen molar-refractivity contribution in [3.8, 4) is 0 Å². The van der Waals surface area contributed by atoms with Crippen molar-refractivity contribution in [3.05, 3.63) is 46.5 Å². The highest BCUT2D eigenvalue weighted by Gasteiger charge is 2.21. The van der Waals surface area contributed by atoms with Gasteiger partial charge in [0.05, 0.1) is 0 Å². The van der Waals surface area contributed by atoms with Crippen molar-refractivity contribution in [2.45, 2.75) is 66.2 Å². The number of carbonyl (C=O) groups is 3. The molecule has 0 spiro atoms. The van der Waals surface area contributed by atoms with Crippen LogP contribution < -0.4 is 0 Å². The lowest BCUT2D eigenvalue weighted by Crippen LogP contribution is -2.10. The quantitative estimate of drug-likeness (QED) is 0.513. The molecule has 2 aromatic rings. The van der Waals surface area contributed by atoms with E-state index < -0.39 is 0 Å². The second kappa shape index (κ2) is 8.88. The molecule has 26 heavy (non-hydrogen) atoms. The van der Waals surface area contributed by atoms with Crippen LogP contribution in [0.25, 0.3) is 10.8 Å². The topological polar surface area (TPSA) is 51.2 Å². The minimum Gasteiger partial charge on any atom is -0.294 e. The van der Waals surface area contributed by atoms with Crippen molar-refractivity contribution < 1.29 is 14.4 Å². The molecule has 0 aliphatic rings. The second-order valence-electron chi connectivity index (χ2n) is 6.84. The summed E-state index contributed by atoms with van der Waals surface area (Å²) in [5.74, 6) is 0.133. The molecule has 0 aliphatic heterocycles. The van der Waals surface area contributed by atoms with E-state index in [0.29, 0.717) is 36.0 Å². The molecule has 0 saturated carbocycles. The number of Topliss-reactive ketones (excluding diaryl/α,β-unsaturated/α-hetero) is 3. The first-order valence-corrected chi connectivity index (χ1v) is 9.62. The Morgan fingerprint density at radius 2 is 1.23 bits per heavy atom. The molecule has 0 unspecified atom stereocenters. The molecule has 0 fully saturated rings. The number of fused-ring (bicyclic) bond motifs is 1. The van der Waals surface area contributed by atoms with Gasteiger partial charge < -0.3 is 0 Å². The van der Waals surface area contributed by atoms with Crippen LogP contribution in [0.2, 0.25) is 0 Å². The van der Waals surface area contributed by atoms with E-state index in [2.05, 4.69) is 0 Å². The van der Waals surface area contributed by atoms with Gasteiger partial charge in [-0.1, -0.05) is 39.0 Å². The van der Waals surface area contributed by atoms with E-state index in [0.717, 1.165) is 35.6 Å². The molecule has 0 aromatic heterocycles. The SMILES string of the molecule is CCCC(=O)c1cc(C(=O)CCC)c2cccc(C(=O)CCC)c2c1C. The van der Waals surface area contributed by atoms with Gasteiger partial charge in [0.1, 0.15) is 0 Å². The summed E-state index contributed by atoms with van der Waals surface area (Å²) in [6.07, 6.45) is 3.62. The van der Waals surface area contributed by atoms with Crippen LogP contribution in [-0.2, 0) is 0 Å². The van der Waals surface area contributed by atoms with Gasteiger partial charge in [0.2, 0.25) is 0 Å². The first-order chi connectivity index (χ1) is 12.5. The Morgan fingerprint density at radius 1 is 0.731 bits per heavy atom. The molecule has 0 heterocycles. The van der Waals surface area contributed by atoms with E-state index in [1.165, 1.54) is 0 Å². The highest BCUT2D eigenvalue weighted by atomic mass is 16.1. The fraction of sp³-hybridized carbons (Fsp3) is 0.435. The molecule has 3 heteroatoms. The number of carbonyl (C=O) groups excluding carboxylic acids is 3. The van der Waals surface area contributed by atoms with Crippen molar-refractivity contribution in [3.63, 3.8) is 0 Å². The molecule has 138 valence electrons. The third-order valence-electron chi connectivity index (χ3n) is 4.75. The molecule has 2 rings (SSSR count).